The van der Waals surface area contributed by atoms with Gasteiger partial charge in [-0.1, -0.05) is 49.0 Å². The molecule has 5 nitrogen and oxygen atoms in total. The van der Waals surface area contributed by atoms with Crippen LogP contribution in [0.2, 0.25) is 0 Å². The van der Waals surface area contributed by atoms with Crippen molar-refractivity contribution >= 4 is 52.8 Å². The number of rotatable bonds is 7. The molecule has 1 amide bonds. The van der Waals surface area contributed by atoms with Crippen LogP contribution in [-0.2, 0) is 0 Å². The summed E-state index contributed by atoms with van der Waals surface area (Å²) in [5.41, 5.74) is 4.08. The standard InChI is InChI=1S/C25H23N3O2S.ClH/c1-2-10-31-24-14-20(16-30-24)23-13-19(25(29)28-21-6-4-3-5-7-21)12-18-9-8-17(15-27-26)11-22(18)23;/h3-9,11-16H,2,10,26H2,1H3,(H,28,29);1H. The number of furan rings is 1. The topological polar surface area (TPSA) is 80.6 Å². The summed E-state index contributed by atoms with van der Waals surface area (Å²) in [7, 11) is 0. The molecule has 0 atom stereocenters. The van der Waals surface area contributed by atoms with Gasteiger partial charge in [-0.25, -0.2) is 0 Å². The molecule has 0 fully saturated rings. The largest absolute Gasteiger partial charge is 0.457 e. The number of benzene rings is 3. The van der Waals surface area contributed by atoms with Gasteiger partial charge in [-0.15, -0.1) is 12.4 Å². The third-order valence-corrected chi connectivity index (χ3v) is 5.94. The lowest BCUT2D eigenvalue weighted by Crippen LogP contribution is -2.12. The summed E-state index contributed by atoms with van der Waals surface area (Å²) in [5, 5.41) is 9.42. The number of nitrogens with zero attached hydrogens (tertiary/aromatic N) is 1. The summed E-state index contributed by atoms with van der Waals surface area (Å²) < 4.78 is 5.76. The molecule has 0 saturated heterocycles. The van der Waals surface area contributed by atoms with Crippen LogP contribution in [0.4, 0.5) is 5.69 Å². The van der Waals surface area contributed by atoms with E-state index in [1.165, 1.54) is 0 Å². The van der Waals surface area contributed by atoms with E-state index < -0.39 is 0 Å². The van der Waals surface area contributed by atoms with E-state index in [1.807, 2.05) is 66.7 Å². The number of nitrogens with two attached hydrogens (primary N) is 1. The summed E-state index contributed by atoms with van der Waals surface area (Å²) in [5.74, 6) is 6.17. The summed E-state index contributed by atoms with van der Waals surface area (Å²) in [6.45, 7) is 2.14. The first kappa shape index (κ1) is 23.4. The van der Waals surface area contributed by atoms with Crippen molar-refractivity contribution in [3.63, 3.8) is 0 Å². The number of hydrazone groups is 1. The second kappa shape index (κ2) is 10.9. The Morgan fingerprint density at radius 2 is 1.94 bits per heavy atom. The molecule has 3 N–H and O–H groups in total. The van der Waals surface area contributed by atoms with Crippen molar-refractivity contribution in [3.8, 4) is 11.1 Å². The number of anilines is 1. The van der Waals surface area contributed by atoms with Gasteiger partial charge in [0.25, 0.3) is 5.91 Å². The van der Waals surface area contributed by atoms with E-state index in [2.05, 4.69) is 17.3 Å². The number of hydrogen-bond donors (Lipinski definition) is 2. The fraction of sp³-hybridized carbons (Fsp3) is 0.120. The molecule has 0 aliphatic rings. The number of carbonyl (C=O) groups excluding carboxylic acids is 1. The number of halogens is 1. The normalized spacial score (nSPS) is 10.9. The molecule has 1 heterocycles. The van der Waals surface area contributed by atoms with Gasteiger partial charge >= 0.3 is 0 Å². The van der Waals surface area contributed by atoms with Gasteiger partial charge in [0.15, 0.2) is 5.09 Å². The first-order valence-corrected chi connectivity index (χ1v) is 11.1. The van der Waals surface area contributed by atoms with Gasteiger partial charge in [-0.3, -0.25) is 4.79 Å². The highest BCUT2D eigenvalue weighted by molar-refractivity contribution is 7.99. The minimum atomic E-state index is -0.161. The van der Waals surface area contributed by atoms with Gasteiger partial charge in [-0.2, -0.15) is 5.10 Å². The van der Waals surface area contributed by atoms with Crippen LogP contribution < -0.4 is 11.2 Å². The van der Waals surface area contributed by atoms with E-state index in [0.29, 0.717) is 5.56 Å². The first-order chi connectivity index (χ1) is 15.2. The van der Waals surface area contributed by atoms with Crippen LogP contribution in [0, 0.1) is 0 Å². The van der Waals surface area contributed by atoms with Crippen LogP contribution in [-0.4, -0.2) is 17.9 Å². The van der Waals surface area contributed by atoms with Crippen molar-refractivity contribution < 1.29 is 9.21 Å². The van der Waals surface area contributed by atoms with E-state index in [9.17, 15) is 4.79 Å². The van der Waals surface area contributed by atoms with E-state index in [-0.39, 0.29) is 18.3 Å². The van der Waals surface area contributed by atoms with Crippen molar-refractivity contribution in [3.05, 3.63) is 84.1 Å². The molecule has 3 aromatic carbocycles. The number of carbonyl (C=O) groups is 1. The number of fused-ring (bicyclic) bond motifs is 1. The molecule has 0 bridgehead atoms. The maximum Gasteiger partial charge on any atom is 0.255 e. The highest BCUT2D eigenvalue weighted by Crippen LogP contribution is 2.34. The minimum Gasteiger partial charge on any atom is -0.457 e. The molecule has 0 aliphatic carbocycles. The maximum atomic E-state index is 13.0. The van der Waals surface area contributed by atoms with Crippen molar-refractivity contribution in [2.75, 3.05) is 11.1 Å². The van der Waals surface area contributed by atoms with E-state index >= 15 is 0 Å². The lowest BCUT2D eigenvalue weighted by molar-refractivity contribution is 0.102. The van der Waals surface area contributed by atoms with Crippen LogP contribution in [0.3, 0.4) is 0 Å². The molecular formula is C25H24ClN3O2S. The third-order valence-electron chi connectivity index (χ3n) is 4.83. The zero-order valence-electron chi connectivity index (χ0n) is 17.6. The Balaban J connectivity index is 0.00000289. The highest BCUT2D eigenvalue weighted by atomic mass is 35.5. The van der Waals surface area contributed by atoms with Crippen LogP contribution >= 0.6 is 24.2 Å². The van der Waals surface area contributed by atoms with Crippen LogP contribution in [0.15, 0.2) is 87.6 Å². The predicted molar refractivity (Wildman–Crippen MR) is 136 cm³/mol. The van der Waals surface area contributed by atoms with Gasteiger partial charge in [0, 0.05) is 22.6 Å². The second-order valence-electron chi connectivity index (χ2n) is 7.11. The quantitative estimate of drug-likeness (QED) is 0.140. The molecule has 0 radical (unpaired) electrons. The molecule has 164 valence electrons. The summed E-state index contributed by atoms with van der Waals surface area (Å²) in [4.78, 5) is 13.0. The molecule has 32 heavy (non-hydrogen) atoms. The second-order valence-corrected chi connectivity index (χ2v) is 8.20. The van der Waals surface area contributed by atoms with Gasteiger partial charge in [0.05, 0.1) is 12.5 Å². The first-order valence-electron chi connectivity index (χ1n) is 10.1. The Morgan fingerprint density at radius 1 is 1.12 bits per heavy atom. The molecule has 1 aromatic heterocycles. The van der Waals surface area contributed by atoms with Gasteiger partial charge in [0.2, 0.25) is 0 Å². The van der Waals surface area contributed by atoms with Crippen molar-refractivity contribution in [1.82, 2.24) is 0 Å². The number of nitrogens with one attached hydrogen (secondary N) is 1. The average molecular weight is 466 g/mol. The molecule has 7 heteroatoms. The van der Waals surface area contributed by atoms with Crippen LogP contribution in [0.1, 0.15) is 29.3 Å². The Kier molecular flexibility index (Phi) is 7.98. The highest BCUT2D eigenvalue weighted by Gasteiger charge is 2.14. The Labute approximate surface area is 197 Å². The summed E-state index contributed by atoms with van der Waals surface area (Å²) in [6, 6.07) is 21.2. The SMILES string of the molecule is CCCSc1cc(-c2cc(C(=O)Nc3ccccc3)cc3ccc(C=NN)cc23)co1.Cl. The zero-order valence-corrected chi connectivity index (χ0v) is 19.2. The van der Waals surface area contributed by atoms with Gasteiger partial charge in [-0.05, 0) is 64.7 Å². The monoisotopic (exact) mass is 465 g/mol. The number of amides is 1. The third kappa shape index (κ3) is 5.33. The van der Waals surface area contributed by atoms with E-state index in [0.717, 1.165) is 50.4 Å². The molecule has 0 aliphatic heterocycles. The summed E-state index contributed by atoms with van der Waals surface area (Å²) in [6.07, 6.45) is 4.42. The lowest BCUT2D eigenvalue weighted by Gasteiger charge is -2.11. The van der Waals surface area contributed by atoms with Crippen molar-refractivity contribution in [2.45, 2.75) is 18.4 Å². The van der Waals surface area contributed by atoms with E-state index in [1.54, 1.807) is 24.2 Å². The van der Waals surface area contributed by atoms with Crippen LogP contribution in [0.25, 0.3) is 21.9 Å². The zero-order chi connectivity index (χ0) is 21.6. The van der Waals surface area contributed by atoms with Crippen molar-refractivity contribution in [2.24, 2.45) is 10.9 Å². The van der Waals surface area contributed by atoms with Crippen molar-refractivity contribution in [1.29, 1.82) is 0 Å². The van der Waals surface area contributed by atoms with Gasteiger partial charge < -0.3 is 15.6 Å². The van der Waals surface area contributed by atoms with Crippen LogP contribution in [0.5, 0.6) is 0 Å². The predicted octanol–water partition coefficient (Wildman–Crippen LogP) is 6.57. The Morgan fingerprint density at radius 3 is 2.69 bits per heavy atom. The minimum absolute atomic E-state index is 0. The molecule has 0 spiro atoms. The molecule has 0 saturated carbocycles. The Hall–Kier alpha value is -3.22. The van der Waals surface area contributed by atoms with Gasteiger partial charge in [0.1, 0.15) is 0 Å². The fourth-order valence-electron chi connectivity index (χ4n) is 3.37. The number of hydrogen-bond acceptors (Lipinski definition) is 5. The number of thioether (sulfide) groups is 1. The summed E-state index contributed by atoms with van der Waals surface area (Å²) >= 11 is 1.68. The Bertz CT molecular complexity index is 1240. The fourth-order valence-corrected chi connectivity index (χ4v) is 4.10. The molecular weight excluding hydrogens is 442 g/mol. The molecule has 4 aromatic rings. The molecule has 4 rings (SSSR count). The average Bonchev–Trinajstić information content (AvgIpc) is 3.26. The smallest absolute Gasteiger partial charge is 0.255 e. The maximum absolute atomic E-state index is 13.0. The number of para-hydroxylation sites is 1. The van der Waals surface area contributed by atoms with E-state index in [4.69, 9.17) is 10.3 Å². The lowest BCUT2D eigenvalue weighted by atomic mass is 9.95. The molecule has 0 unspecified atom stereocenters.